The lowest BCUT2D eigenvalue weighted by molar-refractivity contribution is 1.28. The predicted octanol–water partition coefficient (Wildman–Crippen LogP) is 4.60. The molecular formula is C15H13Cl. The van der Waals surface area contributed by atoms with Crippen LogP contribution in [0.5, 0.6) is 0 Å². The molecule has 0 atom stereocenters. The Labute approximate surface area is 101 Å². The molecule has 0 aliphatic carbocycles. The zero-order chi connectivity index (χ0) is 11.2. The maximum atomic E-state index is 5.82. The van der Waals surface area contributed by atoms with Crippen LogP contribution in [0, 0.1) is 0 Å². The van der Waals surface area contributed by atoms with E-state index in [1.165, 1.54) is 11.1 Å². The second kappa shape index (κ2) is 5.53. The maximum Gasteiger partial charge on any atom is 0.0406 e. The molecule has 0 saturated carbocycles. The molecule has 0 aliphatic heterocycles. The van der Waals surface area contributed by atoms with Crippen LogP contribution in [0.2, 0.25) is 5.02 Å². The van der Waals surface area contributed by atoms with Gasteiger partial charge in [-0.15, -0.1) is 0 Å². The minimum absolute atomic E-state index is 0.788. The highest BCUT2D eigenvalue weighted by molar-refractivity contribution is 6.30. The van der Waals surface area contributed by atoms with Gasteiger partial charge in [0.15, 0.2) is 0 Å². The topological polar surface area (TPSA) is 0 Å². The third-order valence-electron chi connectivity index (χ3n) is 2.38. The van der Waals surface area contributed by atoms with Crippen LogP contribution in [0.25, 0.3) is 6.08 Å². The van der Waals surface area contributed by atoms with E-state index in [1.54, 1.807) is 0 Å². The SMILES string of the molecule is Clc1ccc(C/C=C\c2ccccc2)cc1. The summed E-state index contributed by atoms with van der Waals surface area (Å²) in [7, 11) is 0. The Morgan fingerprint density at radius 3 is 2.25 bits per heavy atom. The van der Waals surface area contributed by atoms with Crippen molar-refractivity contribution in [2.45, 2.75) is 6.42 Å². The summed E-state index contributed by atoms with van der Waals surface area (Å²) in [5.41, 5.74) is 2.51. The third-order valence-corrected chi connectivity index (χ3v) is 2.63. The molecule has 0 nitrogen and oxygen atoms in total. The molecule has 0 unspecified atom stereocenters. The second-order valence-corrected chi connectivity index (χ2v) is 4.08. The van der Waals surface area contributed by atoms with Crippen LogP contribution in [-0.2, 0) is 6.42 Å². The summed E-state index contributed by atoms with van der Waals surface area (Å²) in [4.78, 5) is 0. The molecule has 0 amide bonds. The highest BCUT2D eigenvalue weighted by atomic mass is 35.5. The smallest absolute Gasteiger partial charge is 0.0406 e. The normalized spacial score (nSPS) is 10.8. The minimum Gasteiger partial charge on any atom is -0.0843 e. The minimum atomic E-state index is 0.788. The molecule has 80 valence electrons. The summed E-state index contributed by atoms with van der Waals surface area (Å²) in [5, 5.41) is 0.788. The summed E-state index contributed by atoms with van der Waals surface area (Å²) < 4.78 is 0. The Balaban J connectivity index is 1.97. The van der Waals surface area contributed by atoms with E-state index in [0.717, 1.165) is 11.4 Å². The van der Waals surface area contributed by atoms with E-state index in [-0.39, 0.29) is 0 Å². The molecule has 1 heteroatoms. The first-order chi connectivity index (χ1) is 7.84. The van der Waals surface area contributed by atoms with Crippen molar-refractivity contribution in [2.24, 2.45) is 0 Å². The van der Waals surface area contributed by atoms with Gasteiger partial charge in [-0.2, -0.15) is 0 Å². The monoisotopic (exact) mass is 228 g/mol. The summed E-state index contributed by atoms with van der Waals surface area (Å²) in [5.74, 6) is 0. The van der Waals surface area contributed by atoms with Gasteiger partial charge < -0.3 is 0 Å². The fourth-order valence-electron chi connectivity index (χ4n) is 1.52. The van der Waals surface area contributed by atoms with E-state index >= 15 is 0 Å². The molecule has 0 spiro atoms. The van der Waals surface area contributed by atoms with Gasteiger partial charge in [0, 0.05) is 5.02 Å². The summed E-state index contributed by atoms with van der Waals surface area (Å²) >= 11 is 5.82. The number of hydrogen-bond donors (Lipinski definition) is 0. The number of benzene rings is 2. The molecular weight excluding hydrogens is 216 g/mol. The number of hydrogen-bond acceptors (Lipinski definition) is 0. The molecule has 0 fully saturated rings. The van der Waals surface area contributed by atoms with Crippen LogP contribution in [0.3, 0.4) is 0 Å². The van der Waals surface area contributed by atoms with Crippen LogP contribution in [-0.4, -0.2) is 0 Å². The lowest BCUT2D eigenvalue weighted by Gasteiger charge is -1.96. The molecule has 0 aliphatic rings. The average molecular weight is 229 g/mol. The number of rotatable bonds is 3. The van der Waals surface area contributed by atoms with Gasteiger partial charge in [0.05, 0.1) is 0 Å². The van der Waals surface area contributed by atoms with Crippen molar-refractivity contribution in [2.75, 3.05) is 0 Å². The van der Waals surface area contributed by atoms with Gasteiger partial charge in [0.25, 0.3) is 0 Å². The molecule has 0 radical (unpaired) electrons. The van der Waals surface area contributed by atoms with E-state index in [9.17, 15) is 0 Å². The predicted molar refractivity (Wildman–Crippen MR) is 70.6 cm³/mol. The quantitative estimate of drug-likeness (QED) is 0.721. The molecule has 16 heavy (non-hydrogen) atoms. The molecule has 2 rings (SSSR count). The summed E-state index contributed by atoms with van der Waals surface area (Å²) in [6, 6.07) is 18.3. The first kappa shape index (κ1) is 11.0. The molecule has 0 N–H and O–H groups in total. The van der Waals surface area contributed by atoms with Gasteiger partial charge >= 0.3 is 0 Å². The lowest BCUT2D eigenvalue weighted by atomic mass is 10.1. The first-order valence-electron chi connectivity index (χ1n) is 5.30. The summed E-state index contributed by atoms with van der Waals surface area (Å²) in [6.07, 6.45) is 5.24. The van der Waals surface area contributed by atoms with Gasteiger partial charge in [-0.1, -0.05) is 66.2 Å². The highest BCUT2D eigenvalue weighted by Gasteiger charge is 1.90. The molecule has 0 heterocycles. The van der Waals surface area contributed by atoms with Gasteiger partial charge in [0.2, 0.25) is 0 Å². The largest absolute Gasteiger partial charge is 0.0843 e. The zero-order valence-corrected chi connectivity index (χ0v) is 9.69. The van der Waals surface area contributed by atoms with E-state index in [4.69, 9.17) is 11.6 Å². The molecule has 2 aromatic rings. The Kier molecular flexibility index (Phi) is 3.79. The molecule has 2 aromatic carbocycles. The van der Waals surface area contributed by atoms with Crippen LogP contribution in [0.15, 0.2) is 60.7 Å². The van der Waals surface area contributed by atoms with Crippen LogP contribution >= 0.6 is 11.6 Å². The summed E-state index contributed by atoms with van der Waals surface area (Å²) in [6.45, 7) is 0. The fraction of sp³-hybridized carbons (Fsp3) is 0.0667. The number of halogens is 1. The molecule has 0 aromatic heterocycles. The van der Waals surface area contributed by atoms with Crippen molar-refractivity contribution in [1.29, 1.82) is 0 Å². The maximum absolute atomic E-state index is 5.82. The average Bonchev–Trinajstić information content (AvgIpc) is 2.33. The van der Waals surface area contributed by atoms with Gasteiger partial charge in [-0.25, -0.2) is 0 Å². The van der Waals surface area contributed by atoms with E-state index in [0.29, 0.717) is 0 Å². The standard InChI is InChI=1S/C15H13Cl/c16-15-11-9-14(10-12-15)8-4-7-13-5-2-1-3-6-13/h1-7,9-12H,8H2/b7-4-. The highest BCUT2D eigenvalue weighted by Crippen LogP contribution is 2.11. The van der Waals surface area contributed by atoms with Gasteiger partial charge in [-0.3, -0.25) is 0 Å². The van der Waals surface area contributed by atoms with Crippen molar-refractivity contribution in [3.05, 3.63) is 76.8 Å². The van der Waals surface area contributed by atoms with Crippen LogP contribution in [0.4, 0.5) is 0 Å². The van der Waals surface area contributed by atoms with Crippen molar-refractivity contribution >= 4 is 17.7 Å². The first-order valence-corrected chi connectivity index (χ1v) is 5.68. The molecule has 0 bridgehead atoms. The van der Waals surface area contributed by atoms with E-state index < -0.39 is 0 Å². The fourth-order valence-corrected chi connectivity index (χ4v) is 1.64. The van der Waals surface area contributed by atoms with Crippen molar-refractivity contribution in [1.82, 2.24) is 0 Å². The van der Waals surface area contributed by atoms with E-state index in [2.05, 4.69) is 36.4 Å². The Morgan fingerprint density at radius 1 is 0.875 bits per heavy atom. The van der Waals surface area contributed by atoms with Crippen LogP contribution < -0.4 is 0 Å². The van der Waals surface area contributed by atoms with Gasteiger partial charge in [-0.05, 0) is 29.7 Å². The van der Waals surface area contributed by atoms with Crippen molar-refractivity contribution in [3.8, 4) is 0 Å². The van der Waals surface area contributed by atoms with Crippen molar-refractivity contribution < 1.29 is 0 Å². The zero-order valence-electron chi connectivity index (χ0n) is 8.94. The number of allylic oxidation sites excluding steroid dienone is 1. The Hall–Kier alpha value is -1.53. The molecule has 0 saturated heterocycles. The van der Waals surface area contributed by atoms with Crippen molar-refractivity contribution in [3.63, 3.8) is 0 Å². The lowest BCUT2D eigenvalue weighted by Crippen LogP contribution is -1.79. The Bertz CT molecular complexity index is 455. The Morgan fingerprint density at radius 2 is 1.56 bits per heavy atom. The second-order valence-electron chi connectivity index (χ2n) is 3.64. The third kappa shape index (κ3) is 3.25. The van der Waals surface area contributed by atoms with Crippen LogP contribution in [0.1, 0.15) is 11.1 Å². The van der Waals surface area contributed by atoms with Gasteiger partial charge in [0.1, 0.15) is 0 Å². The van der Waals surface area contributed by atoms with E-state index in [1.807, 2.05) is 30.3 Å².